The molecule has 0 saturated carbocycles. The van der Waals surface area contributed by atoms with Crippen molar-refractivity contribution in [1.29, 1.82) is 0 Å². The van der Waals surface area contributed by atoms with Crippen molar-refractivity contribution in [3.05, 3.63) is 29.0 Å². The quantitative estimate of drug-likeness (QED) is 0.857. The molecular weight excluding hydrogens is 307 g/mol. The first-order chi connectivity index (χ1) is 10.5. The predicted molar refractivity (Wildman–Crippen MR) is 84.9 cm³/mol. The molecule has 1 aromatic carbocycles. The van der Waals surface area contributed by atoms with Crippen LogP contribution in [0.25, 0.3) is 0 Å². The van der Waals surface area contributed by atoms with Gasteiger partial charge in [0.15, 0.2) is 0 Å². The Morgan fingerprint density at radius 1 is 1.27 bits per heavy atom. The van der Waals surface area contributed by atoms with Crippen LogP contribution in [0.3, 0.4) is 0 Å². The maximum Gasteiger partial charge on any atom is 0.321 e. The van der Waals surface area contributed by atoms with Gasteiger partial charge in [0.25, 0.3) is 0 Å². The third kappa shape index (κ3) is 3.34. The van der Waals surface area contributed by atoms with Gasteiger partial charge in [-0.05, 0) is 25.2 Å². The summed E-state index contributed by atoms with van der Waals surface area (Å²) < 4.78 is 13.4. The molecule has 1 unspecified atom stereocenters. The van der Waals surface area contributed by atoms with Crippen LogP contribution < -0.4 is 5.32 Å². The number of hydrogen-bond donors (Lipinski definition) is 1. The Labute approximate surface area is 134 Å². The van der Waals surface area contributed by atoms with Gasteiger partial charge in [-0.3, -0.25) is 4.90 Å². The van der Waals surface area contributed by atoms with Crippen LogP contribution in [-0.2, 0) is 0 Å². The molecule has 2 amide bonds. The summed E-state index contributed by atoms with van der Waals surface area (Å²) >= 11 is 5.65. The van der Waals surface area contributed by atoms with E-state index in [9.17, 15) is 9.18 Å². The van der Waals surface area contributed by atoms with Crippen molar-refractivity contribution in [2.24, 2.45) is 0 Å². The zero-order valence-corrected chi connectivity index (χ0v) is 13.3. The Hall–Kier alpha value is -1.37. The number of amides is 2. The van der Waals surface area contributed by atoms with Crippen molar-refractivity contribution in [3.63, 3.8) is 0 Å². The number of urea groups is 1. The molecule has 2 aliphatic heterocycles. The van der Waals surface area contributed by atoms with Gasteiger partial charge in [0.1, 0.15) is 5.82 Å². The molecule has 7 heteroatoms. The van der Waals surface area contributed by atoms with Gasteiger partial charge in [0.2, 0.25) is 0 Å². The summed E-state index contributed by atoms with van der Waals surface area (Å²) in [5, 5.41) is 2.80. The largest absolute Gasteiger partial charge is 0.322 e. The number of nitrogens with one attached hydrogen (secondary N) is 1. The lowest BCUT2D eigenvalue weighted by molar-refractivity contribution is 0.0353. The average Bonchev–Trinajstić information content (AvgIpc) is 2.50. The minimum atomic E-state index is -0.529. The molecule has 0 radical (unpaired) electrons. The number of benzene rings is 1. The van der Waals surface area contributed by atoms with Crippen molar-refractivity contribution in [2.45, 2.75) is 6.04 Å². The lowest BCUT2D eigenvalue weighted by Gasteiger charge is -2.46. The molecule has 1 aromatic rings. The standard InChI is InChI=1S/C15H20ClFN4O/c1-19-4-5-20-6-7-21(10-12(20)9-19)15(22)18-11-2-3-13(16)14(17)8-11/h2-3,8,12H,4-7,9-10H2,1H3,(H,18,22). The predicted octanol–water partition coefficient (Wildman–Crippen LogP) is 1.94. The molecular formula is C15H20ClFN4O. The van der Waals surface area contributed by atoms with E-state index in [1.165, 1.54) is 12.1 Å². The van der Waals surface area contributed by atoms with Crippen LogP contribution in [0.5, 0.6) is 0 Å². The van der Waals surface area contributed by atoms with Crippen molar-refractivity contribution in [3.8, 4) is 0 Å². The van der Waals surface area contributed by atoms with Crippen LogP contribution in [0, 0.1) is 5.82 Å². The van der Waals surface area contributed by atoms with Gasteiger partial charge < -0.3 is 15.1 Å². The average molecular weight is 327 g/mol. The molecule has 2 fully saturated rings. The number of carbonyl (C=O) groups excluding carboxylic acids is 1. The lowest BCUT2D eigenvalue weighted by atomic mass is 10.1. The first-order valence-corrected chi connectivity index (χ1v) is 7.84. The van der Waals surface area contributed by atoms with E-state index in [1.807, 2.05) is 0 Å². The second-order valence-electron chi connectivity index (χ2n) is 5.96. The van der Waals surface area contributed by atoms with Crippen molar-refractivity contribution < 1.29 is 9.18 Å². The van der Waals surface area contributed by atoms with Crippen molar-refractivity contribution >= 4 is 23.3 Å². The van der Waals surface area contributed by atoms with E-state index in [0.717, 1.165) is 26.2 Å². The molecule has 22 heavy (non-hydrogen) atoms. The highest BCUT2D eigenvalue weighted by molar-refractivity contribution is 6.30. The highest BCUT2D eigenvalue weighted by Crippen LogP contribution is 2.20. The van der Waals surface area contributed by atoms with Crippen LogP contribution in [-0.4, -0.2) is 73.1 Å². The highest BCUT2D eigenvalue weighted by Gasteiger charge is 2.32. The van der Waals surface area contributed by atoms with Gasteiger partial charge in [-0.1, -0.05) is 11.6 Å². The minimum Gasteiger partial charge on any atom is -0.322 e. The van der Waals surface area contributed by atoms with Crippen LogP contribution in [0.1, 0.15) is 0 Å². The fourth-order valence-electron chi connectivity index (χ4n) is 3.07. The van der Waals surface area contributed by atoms with Crippen LogP contribution in [0.4, 0.5) is 14.9 Å². The SMILES string of the molecule is CN1CCN2CCN(C(=O)Nc3ccc(Cl)c(F)c3)CC2C1. The summed E-state index contributed by atoms with van der Waals surface area (Å²) in [5.41, 5.74) is 0.426. The number of halogens is 2. The van der Waals surface area contributed by atoms with E-state index in [0.29, 0.717) is 24.8 Å². The van der Waals surface area contributed by atoms with Gasteiger partial charge in [-0.15, -0.1) is 0 Å². The number of rotatable bonds is 1. The summed E-state index contributed by atoms with van der Waals surface area (Å²) in [4.78, 5) is 18.9. The second-order valence-corrected chi connectivity index (χ2v) is 6.36. The van der Waals surface area contributed by atoms with Crippen LogP contribution in [0.15, 0.2) is 18.2 Å². The third-order valence-corrected chi connectivity index (χ3v) is 4.66. The molecule has 1 atom stereocenters. The summed E-state index contributed by atoms with van der Waals surface area (Å²) in [5.74, 6) is -0.529. The first-order valence-electron chi connectivity index (χ1n) is 7.46. The zero-order chi connectivity index (χ0) is 15.7. The monoisotopic (exact) mass is 326 g/mol. The third-order valence-electron chi connectivity index (χ3n) is 4.35. The van der Waals surface area contributed by atoms with E-state index in [-0.39, 0.29) is 11.1 Å². The number of nitrogens with zero attached hydrogens (tertiary/aromatic N) is 3. The van der Waals surface area contributed by atoms with Gasteiger partial charge in [-0.25, -0.2) is 9.18 Å². The fourth-order valence-corrected chi connectivity index (χ4v) is 3.19. The smallest absolute Gasteiger partial charge is 0.321 e. The molecule has 0 aliphatic carbocycles. The zero-order valence-electron chi connectivity index (χ0n) is 12.6. The molecule has 2 aliphatic rings. The second kappa shape index (κ2) is 6.40. The van der Waals surface area contributed by atoms with E-state index < -0.39 is 5.82 Å². The Morgan fingerprint density at radius 3 is 2.82 bits per heavy atom. The molecule has 0 bridgehead atoms. The lowest BCUT2D eigenvalue weighted by Crippen LogP contribution is -2.62. The highest BCUT2D eigenvalue weighted by atomic mass is 35.5. The summed E-state index contributed by atoms with van der Waals surface area (Å²) in [6.07, 6.45) is 0. The van der Waals surface area contributed by atoms with Gasteiger partial charge >= 0.3 is 6.03 Å². The maximum atomic E-state index is 13.4. The first kappa shape index (κ1) is 15.5. The molecule has 0 aromatic heterocycles. The van der Waals surface area contributed by atoms with E-state index in [1.54, 1.807) is 11.0 Å². The number of carbonyl (C=O) groups is 1. The van der Waals surface area contributed by atoms with Crippen LogP contribution in [0.2, 0.25) is 5.02 Å². The van der Waals surface area contributed by atoms with Gasteiger partial charge in [0.05, 0.1) is 5.02 Å². The Balaban J connectivity index is 1.61. The van der Waals surface area contributed by atoms with Crippen LogP contribution >= 0.6 is 11.6 Å². The number of fused-ring (bicyclic) bond motifs is 1. The van der Waals surface area contributed by atoms with Crippen molar-refractivity contribution in [2.75, 3.05) is 51.6 Å². The molecule has 0 spiro atoms. The number of piperazine rings is 2. The Kier molecular flexibility index (Phi) is 4.52. The van der Waals surface area contributed by atoms with E-state index >= 15 is 0 Å². The fraction of sp³-hybridized carbons (Fsp3) is 0.533. The molecule has 2 heterocycles. The molecule has 2 saturated heterocycles. The molecule has 5 nitrogen and oxygen atoms in total. The Bertz CT molecular complexity index is 570. The molecule has 3 rings (SSSR count). The van der Waals surface area contributed by atoms with E-state index in [2.05, 4.69) is 22.2 Å². The Morgan fingerprint density at radius 2 is 2.05 bits per heavy atom. The van der Waals surface area contributed by atoms with Gasteiger partial charge in [0, 0.05) is 51.0 Å². The normalized spacial score (nSPS) is 23.2. The number of likely N-dealkylation sites (N-methyl/N-ethyl adjacent to an activating group) is 1. The maximum absolute atomic E-state index is 13.4. The summed E-state index contributed by atoms with van der Waals surface area (Å²) in [6.45, 7) is 5.39. The molecule has 1 N–H and O–H groups in total. The van der Waals surface area contributed by atoms with Gasteiger partial charge in [-0.2, -0.15) is 0 Å². The summed E-state index contributed by atoms with van der Waals surface area (Å²) in [7, 11) is 2.10. The molecule has 120 valence electrons. The van der Waals surface area contributed by atoms with Crippen molar-refractivity contribution in [1.82, 2.24) is 14.7 Å². The van der Waals surface area contributed by atoms with E-state index in [4.69, 9.17) is 11.6 Å². The summed E-state index contributed by atoms with van der Waals surface area (Å²) in [6, 6.07) is 4.48. The number of anilines is 1. The topological polar surface area (TPSA) is 38.8 Å². The number of hydrogen-bond acceptors (Lipinski definition) is 3. The minimum absolute atomic E-state index is 0.0526.